The van der Waals surface area contributed by atoms with Crippen molar-refractivity contribution in [3.05, 3.63) is 0 Å². The normalized spacial score (nSPS) is 30.4. The molecule has 1 atom stereocenters. The summed E-state index contributed by atoms with van der Waals surface area (Å²) in [5.41, 5.74) is 0. The largest absolute Gasteiger partial charge is 0.392 e. The van der Waals surface area contributed by atoms with Crippen molar-refractivity contribution in [3.8, 4) is 0 Å². The standard InChI is InChI=1S/C10H20N2O3S/c13-9-2-1-7-12(8-9)16(14,15)10-3-5-11-6-4-10/h9-11,13H,1-8H2. The van der Waals surface area contributed by atoms with Crippen LogP contribution in [0.5, 0.6) is 0 Å². The lowest BCUT2D eigenvalue weighted by molar-refractivity contribution is 0.107. The van der Waals surface area contributed by atoms with Gasteiger partial charge in [-0.1, -0.05) is 0 Å². The molecule has 0 bridgehead atoms. The molecule has 2 saturated heterocycles. The Labute approximate surface area is 96.9 Å². The Kier molecular flexibility index (Phi) is 3.84. The van der Waals surface area contributed by atoms with Gasteiger partial charge in [0, 0.05) is 13.1 Å². The van der Waals surface area contributed by atoms with E-state index in [9.17, 15) is 13.5 Å². The Bertz CT molecular complexity index is 325. The Morgan fingerprint density at radius 2 is 1.88 bits per heavy atom. The van der Waals surface area contributed by atoms with E-state index in [-0.39, 0.29) is 11.8 Å². The summed E-state index contributed by atoms with van der Waals surface area (Å²) in [6.45, 7) is 2.41. The fraction of sp³-hybridized carbons (Fsp3) is 1.00. The average Bonchev–Trinajstić information content (AvgIpc) is 2.30. The number of piperidine rings is 2. The van der Waals surface area contributed by atoms with Crippen LogP contribution in [0.4, 0.5) is 0 Å². The van der Waals surface area contributed by atoms with Gasteiger partial charge in [-0.25, -0.2) is 8.42 Å². The minimum absolute atomic E-state index is 0.251. The summed E-state index contributed by atoms with van der Waals surface area (Å²) in [5.74, 6) is 0. The zero-order valence-corrected chi connectivity index (χ0v) is 10.2. The number of aliphatic hydroxyl groups is 1. The van der Waals surface area contributed by atoms with Crippen molar-refractivity contribution in [1.82, 2.24) is 9.62 Å². The molecule has 0 aliphatic carbocycles. The zero-order valence-electron chi connectivity index (χ0n) is 9.43. The third-order valence-electron chi connectivity index (χ3n) is 3.43. The van der Waals surface area contributed by atoms with Crippen LogP contribution >= 0.6 is 0 Å². The molecule has 0 amide bonds. The predicted octanol–water partition coefficient (Wildman–Crippen LogP) is -0.475. The van der Waals surface area contributed by atoms with Crippen molar-refractivity contribution in [2.75, 3.05) is 26.2 Å². The van der Waals surface area contributed by atoms with Crippen LogP contribution in [0.1, 0.15) is 25.7 Å². The summed E-state index contributed by atoms with van der Waals surface area (Å²) in [6.07, 6.45) is 2.39. The fourth-order valence-corrected chi connectivity index (χ4v) is 4.47. The summed E-state index contributed by atoms with van der Waals surface area (Å²) in [4.78, 5) is 0. The van der Waals surface area contributed by atoms with Crippen LogP contribution < -0.4 is 5.32 Å². The quantitative estimate of drug-likeness (QED) is 0.693. The highest BCUT2D eigenvalue weighted by Crippen LogP contribution is 2.21. The van der Waals surface area contributed by atoms with E-state index in [4.69, 9.17) is 0 Å². The molecule has 2 rings (SSSR count). The molecular weight excluding hydrogens is 228 g/mol. The first kappa shape index (κ1) is 12.3. The molecule has 2 aliphatic rings. The second kappa shape index (κ2) is 5.00. The van der Waals surface area contributed by atoms with E-state index in [1.54, 1.807) is 0 Å². The van der Waals surface area contributed by atoms with E-state index in [1.807, 2.05) is 0 Å². The van der Waals surface area contributed by atoms with Crippen LogP contribution in [-0.2, 0) is 10.0 Å². The highest BCUT2D eigenvalue weighted by atomic mass is 32.2. The molecule has 0 aromatic rings. The van der Waals surface area contributed by atoms with Gasteiger partial charge in [0.25, 0.3) is 0 Å². The molecule has 0 aromatic carbocycles. The molecule has 0 saturated carbocycles. The number of aliphatic hydroxyl groups excluding tert-OH is 1. The molecule has 5 nitrogen and oxygen atoms in total. The minimum Gasteiger partial charge on any atom is -0.392 e. The van der Waals surface area contributed by atoms with Gasteiger partial charge >= 0.3 is 0 Å². The molecular formula is C10H20N2O3S. The number of hydrogen-bond acceptors (Lipinski definition) is 4. The predicted molar refractivity (Wildman–Crippen MR) is 61.6 cm³/mol. The third-order valence-corrected chi connectivity index (χ3v) is 5.79. The number of β-amino-alcohol motifs (C(OH)–C–C–N with tert-alkyl or cyclic N) is 1. The van der Waals surface area contributed by atoms with E-state index in [2.05, 4.69) is 5.32 Å². The SMILES string of the molecule is O=S(=O)(C1CCNCC1)N1CCCC(O)C1. The molecule has 6 heteroatoms. The Morgan fingerprint density at radius 3 is 2.50 bits per heavy atom. The van der Waals surface area contributed by atoms with Gasteiger partial charge < -0.3 is 10.4 Å². The van der Waals surface area contributed by atoms with Gasteiger partial charge in [-0.05, 0) is 38.8 Å². The van der Waals surface area contributed by atoms with Gasteiger partial charge in [-0.2, -0.15) is 4.31 Å². The molecule has 0 spiro atoms. The lowest BCUT2D eigenvalue weighted by Gasteiger charge is -2.33. The first-order chi connectivity index (χ1) is 7.60. The monoisotopic (exact) mass is 248 g/mol. The fourth-order valence-electron chi connectivity index (χ4n) is 2.46. The average molecular weight is 248 g/mol. The molecule has 0 radical (unpaired) electrons. The molecule has 94 valence electrons. The highest BCUT2D eigenvalue weighted by molar-refractivity contribution is 7.89. The lowest BCUT2D eigenvalue weighted by Crippen LogP contribution is -2.48. The van der Waals surface area contributed by atoms with E-state index in [0.717, 1.165) is 25.9 Å². The minimum atomic E-state index is -3.18. The number of hydrogen-bond donors (Lipinski definition) is 2. The third kappa shape index (κ3) is 2.56. The molecule has 16 heavy (non-hydrogen) atoms. The van der Waals surface area contributed by atoms with Crippen molar-refractivity contribution < 1.29 is 13.5 Å². The van der Waals surface area contributed by atoms with Crippen molar-refractivity contribution in [2.45, 2.75) is 37.0 Å². The van der Waals surface area contributed by atoms with E-state index in [0.29, 0.717) is 19.4 Å². The van der Waals surface area contributed by atoms with E-state index < -0.39 is 16.1 Å². The van der Waals surface area contributed by atoms with Crippen LogP contribution in [0.3, 0.4) is 0 Å². The van der Waals surface area contributed by atoms with Crippen molar-refractivity contribution >= 4 is 10.0 Å². The maximum Gasteiger partial charge on any atom is 0.217 e. The molecule has 0 aromatic heterocycles. The second-order valence-corrected chi connectivity index (χ2v) is 6.86. The van der Waals surface area contributed by atoms with Crippen molar-refractivity contribution in [2.24, 2.45) is 0 Å². The maximum atomic E-state index is 12.3. The molecule has 2 heterocycles. The van der Waals surface area contributed by atoms with Crippen LogP contribution in [0, 0.1) is 0 Å². The number of rotatable bonds is 2. The highest BCUT2D eigenvalue weighted by Gasteiger charge is 2.35. The Hall–Kier alpha value is -0.170. The van der Waals surface area contributed by atoms with Crippen molar-refractivity contribution in [3.63, 3.8) is 0 Å². The van der Waals surface area contributed by atoms with E-state index >= 15 is 0 Å². The second-order valence-electron chi connectivity index (χ2n) is 4.65. The molecule has 1 unspecified atom stereocenters. The van der Waals surface area contributed by atoms with Gasteiger partial charge in [0.2, 0.25) is 10.0 Å². The van der Waals surface area contributed by atoms with Gasteiger partial charge in [0.05, 0.1) is 11.4 Å². The molecule has 2 N–H and O–H groups in total. The summed E-state index contributed by atoms with van der Waals surface area (Å²) in [6, 6.07) is 0. The van der Waals surface area contributed by atoms with Crippen molar-refractivity contribution in [1.29, 1.82) is 0 Å². The Morgan fingerprint density at radius 1 is 1.19 bits per heavy atom. The van der Waals surface area contributed by atoms with Gasteiger partial charge in [0.1, 0.15) is 0 Å². The molecule has 2 aliphatic heterocycles. The summed E-state index contributed by atoms with van der Waals surface area (Å²) < 4.78 is 26.0. The number of nitrogens with one attached hydrogen (secondary N) is 1. The Balaban J connectivity index is 2.05. The first-order valence-corrected chi connectivity index (χ1v) is 7.49. The van der Waals surface area contributed by atoms with Crippen LogP contribution in [-0.4, -0.2) is 55.4 Å². The first-order valence-electron chi connectivity index (χ1n) is 5.98. The summed E-state index contributed by atoms with van der Waals surface area (Å²) in [7, 11) is -3.18. The summed E-state index contributed by atoms with van der Waals surface area (Å²) in [5, 5.41) is 12.4. The smallest absolute Gasteiger partial charge is 0.217 e. The molecule has 2 fully saturated rings. The topological polar surface area (TPSA) is 69.6 Å². The van der Waals surface area contributed by atoms with Crippen LogP contribution in [0.25, 0.3) is 0 Å². The van der Waals surface area contributed by atoms with Gasteiger partial charge in [-0.3, -0.25) is 0 Å². The zero-order chi connectivity index (χ0) is 11.6. The van der Waals surface area contributed by atoms with Crippen LogP contribution in [0.2, 0.25) is 0 Å². The summed E-state index contributed by atoms with van der Waals surface area (Å²) >= 11 is 0. The number of sulfonamides is 1. The van der Waals surface area contributed by atoms with Crippen LogP contribution in [0.15, 0.2) is 0 Å². The van der Waals surface area contributed by atoms with Gasteiger partial charge in [0.15, 0.2) is 0 Å². The van der Waals surface area contributed by atoms with E-state index in [1.165, 1.54) is 4.31 Å². The lowest BCUT2D eigenvalue weighted by atomic mass is 10.1. The number of nitrogens with zero attached hydrogens (tertiary/aromatic N) is 1. The maximum absolute atomic E-state index is 12.3. The van der Waals surface area contributed by atoms with Gasteiger partial charge in [-0.15, -0.1) is 0 Å².